The van der Waals surface area contributed by atoms with Gasteiger partial charge < -0.3 is 15.6 Å². The molecule has 0 aliphatic rings. The summed E-state index contributed by atoms with van der Waals surface area (Å²) in [4.78, 5) is 19.7. The van der Waals surface area contributed by atoms with E-state index in [1.165, 1.54) is 23.1 Å². The molecule has 2 aromatic carbocycles. The average Bonchev–Trinajstić information content (AvgIpc) is 3.12. The zero-order chi connectivity index (χ0) is 19.3. The fraction of sp³-hybridized carbons (Fsp3) is 0.0909. The largest absolute Gasteiger partial charge is 0.383 e. The number of rotatable bonds is 6. The van der Waals surface area contributed by atoms with Crippen molar-refractivity contribution in [3.8, 4) is 0 Å². The summed E-state index contributed by atoms with van der Waals surface area (Å²) in [6.45, 7) is 0.748. The molecule has 0 saturated heterocycles. The third kappa shape index (κ3) is 4.01. The van der Waals surface area contributed by atoms with Crippen LogP contribution in [-0.4, -0.2) is 22.4 Å². The number of H-pyrrole nitrogens is 1. The molecule has 0 atom stereocenters. The van der Waals surface area contributed by atoms with E-state index in [2.05, 4.69) is 32.7 Å². The summed E-state index contributed by atoms with van der Waals surface area (Å²) in [6, 6.07) is 17.4. The molecule has 4 rings (SSSR count). The number of hydrogen-bond acceptors (Lipinski definition) is 3. The van der Waals surface area contributed by atoms with Gasteiger partial charge in [0.2, 0.25) is 0 Å². The second kappa shape index (κ2) is 7.92. The van der Waals surface area contributed by atoms with E-state index in [1.54, 1.807) is 24.4 Å². The van der Waals surface area contributed by atoms with Crippen LogP contribution in [0.1, 0.15) is 16.1 Å². The lowest BCUT2D eigenvalue weighted by molar-refractivity contribution is 0.102. The van der Waals surface area contributed by atoms with Gasteiger partial charge in [-0.15, -0.1) is 0 Å². The second-order valence-electron chi connectivity index (χ2n) is 6.43. The molecule has 2 aromatic heterocycles. The fourth-order valence-corrected chi connectivity index (χ4v) is 3.07. The predicted octanol–water partition coefficient (Wildman–Crippen LogP) is 4.61. The topological polar surface area (TPSA) is 69.8 Å². The maximum absolute atomic E-state index is 13.2. The quantitative estimate of drug-likeness (QED) is 0.462. The Labute approximate surface area is 161 Å². The van der Waals surface area contributed by atoms with E-state index >= 15 is 0 Å². The van der Waals surface area contributed by atoms with Crippen molar-refractivity contribution >= 4 is 28.2 Å². The monoisotopic (exact) mass is 374 g/mol. The molecule has 5 nitrogen and oxygen atoms in total. The molecule has 2 heterocycles. The van der Waals surface area contributed by atoms with Crippen molar-refractivity contribution in [1.29, 1.82) is 0 Å². The minimum atomic E-state index is -0.402. The van der Waals surface area contributed by atoms with E-state index in [9.17, 15) is 9.18 Å². The minimum Gasteiger partial charge on any atom is -0.383 e. The number of nitrogens with one attached hydrogen (secondary N) is 3. The smallest absolute Gasteiger partial charge is 0.274 e. The number of halogens is 1. The number of carbonyl (C=O) groups excluding carboxylic acids is 1. The van der Waals surface area contributed by atoms with E-state index in [-0.39, 0.29) is 11.6 Å². The van der Waals surface area contributed by atoms with E-state index in [4.69, 9.17) is 0 Å². The van der Waals surface area contributed by atoms with Crippen LogP contribution in [0.4, 0.5) is 15.8 Å². The van der Waals surface area contributed by atoms with Crippen LogP contribution in [0.15, 0.2) is 73.1 Å². The number of nitrogens with zero attached hydrogens (tertiary/aromatic N) is 1. The number of amides is 1. The number of hydrogen-bond donors (Lipinski definition) is 3. The molecule has 0 unspecified atom stereocenters. The van der Waals surface area contributed by atoms with Crippen LogP contribution in [0.5, 0.6) is 0 Å². The molecule has 0 bridgehead atoms. The summed E-state index contributed by atoms with van der Waals surface area (Å²) in [6.07, 6.45) is 4.52. The third-order valence-corrected chi connectivity index (χ3v) is 4.48. The summed E-state index contributed by atoms with van der Waals surface area (Å²) in [7, 11) is 0. The molecule has 0 spiro atoms. The third-order valence-electron chi connectivity index (χ3n) is 4.48. The molecule has 1 amide bonds. The van der Waals surface area contributed by atoms with Crippen molar-refractivity contribution in [3.05, 3.63) is 90.1 Å². The molecular formula is C22H19FN4O. The first kappa shape index (κ1) is 17.7. The van der Waals surface area contributed by atoms with Crippen molar-refractivity contribution in [2.75, 3.05) is 17.2 Å². The highest BCUT2D eigenvalue weighted by molar-refractivity contribution is 6.02. The number of aromatic nitrogens is 2. The maximum atomic E-state index is 13.2. The van der Waals surface area contributed by atoms with Gasteiger partial charge in [-0.3, -0.25) is 4.79 Å². The van der Waals surface area contributed by atoms with Crippen molar-refractivity contribution in [2.24, 2.45) is 0 Å². The van der Waals surface area contributed by atoms with Gasteiger partial charge in [0.1, 0.15) is 11.5 Å². The van der Waals surface area contributed by atoms with Gasteiger partial charge in [0.05, 0.1) is 11.9 Å². The van der Waals surface area contributed by atoms with Gasteiger partial charge in [0.15, 0.2) is 0 Å². The van der Waals surface area contributed by atoms with Crippen LogP contribution >= 0.6 is 0 Å². The summed E-state index contributed by atoms with van der Waals surface area (Å²) in [5, 5.41) is 7.17. The van der Waals surface area contributed by atoms with E-state index in [0.29, 0.717) is 5.69 Å². The van der Waals surface area contributed by atoms with Gasteiger partial charge in [-0.1, -0.05) is 24.3 Å². The van der Waals surface area contributed by atoms with Crippen molar-refractivity contribution in [3.63, 3.8) is 0 Å². The van der Waals surface area contributed by atoms with Crippen LogP contribution in [0.3, 0.4) is 0 Å². The summed E-state index contributed by atoms with van der Waals surface area (Å²) >= 11 is 0. The molecule has 0 radical (unpaired) electrons. The average molecular weight is 374 g/mol. The Morgan fingerprint density at radius 1 is 1.04 bits per heavy atom. The number of fused-ring (bicyclic) bond motifs is 1. The van der Waals surface area contributed by atoms with Crippen LogP contribution in [-0.2, 0) is 6.42 Å². The normalized spacial score (nSPS) is 10.8. The SMILES string of the molecule is O=C(Nc1cccc(F)c1)c1ccc(NCCc2c[nH]c3ccccc23)cn1. The van der Waals surface area contributed by atoms with Crippen LogP contribution in [0, 0.1) is 5.82 Å². The van der Waals surface area contributed by atoms with Gasteiger partial charge in [-0.05, 0) is 48.4 Å². The Kier molecular flexibility index (Phi) is 5.01. The first-order valence-electron chi connectivity index (χ1n) is 9.01. The van der Waals surface area contributed by atoms with Crippen LogP contribution in [0.2, 0.25) is 0 Å². The Balaban J connectivity index is 1.33. The van der Waals surface area contributed by atoms with Crippen LogP contribution in [0.25, 0.3) is 10.9 Å². The van der Waals surface area contributed by atoms with Gasteiger partial charge >= 0.3 is 0 Å². The van der Waals surface area contributed by atoms with Gasteiger partial charge in [0, 0.05) is 29.3 Å². The molecule has 0 aliphatic heterocycles. The molecular weight excluding hydrogens is 355 g/mol. The maximum Gasteiger partial charge on any atom is 0.274 e. The van der Waals surface area contributed by atoms with Crippen molar-refractivity contribution < 1.29 is 9.18 Å². The molecule has 3 N–H and O–H groups in total. The van der Waals surface area contributed by atoms with Crippen molar-refractivity contribution in [1.82, 2.24) is 9.97 Å². The molecule has 0 fully saturated rings. The van der Waals surface area contributed by atoms with Gasteiger partial charge in [0.25, 0.3) is 5.91 Å². The Bertz CT molecular complexity index is 1100. The number of para-hydroxylation sites is 1. The van der Waals surface area contributed by atoms with E-state index in [0.717, 1.165) is 24.2 Å². The molecule has 4 aromatic rings. The van der Waals surface area contributed by atoms with Crippen LogP contribution < -0.4 is 10.6 Å². The number of carbonyl (C=O) groups is 1. The zero-order valence-electron chi connectivity index (χ0n) is 15.1. The summed E-state index contributed by atoms with van der Waals surface area (Å²) < 4.78 is 13.2. The summed E-state index contributed by atoms with van der Waals surface area (Å²) in [5.41, 5.74) is 3.89. The number of pyridine rings is 1. The summed E-state index contributed by atoms with van der Waals surface area (Å²) in [5.74, 6) is -0.781. The van der Waals surface area contributed by atoms with Gasteiger partial charge in [-0.25, -0.2) is 9.37 Å². The van der Waals surface area contributed by atoms with Crippen molar-refractivity contribution in [2.45, 2.75) is 6.42 Å². The lowest BCUT2D eigenvalue weighted by atomic mass is 10.1. The van der Waals surface area contributed by atoms with E-state index < -0.39 is 5.82 Å². The second-order valence-corrected chi connectivity index (χ2v) is 6.43. The Hall–Kier alpha value is -3.67. The number of benzene rings is 2. The molecule has 0 aliphatic carbocycles. The fourth-order valence-electron chi connectivity index (χ4n) is 3.07. The lowest BCUT2D eigenvalue weighted by Crippen LogP contribution is -2.14. The standard InChI is InChI=1S/C22H19FN4O/c23-16-4-3-5-17(12-16)27-22(28)21-9-8-18(14-26-21)24-11-10-15-13-25-20-7-2-1-6-19(15)20/h1-9,12-14,24-25H,10-11H2,(H,27,28). The highest BCUT2D eigenvalue weighted by Crippen LogP contribution is 2.18. The predicted molar refractivity (Wildman–Crippen MR) is 109 cm³/mol. The molecule has 140 valence electrons. The highest BCUT2D eigenvalue weighted by atomic mass is 19.1. The Morgan fingerprint density at radius 3 is 2.75 bits per heavy atom. The highest BCUT2D eigenvalue weighted by Gasteiger charge is 2.08. The first-order valence-corrected chi connectivity index (χ1v) is 9.01. The first-order chi connectivity index (χ1) is 13.7. The van der Waals surface area contributed by atoms with E-state index in [1.807, 2.05) is 24.4 Å². The Morgan fingerprint density at radius 2 is 1.93 bits per heavy atom. The molecule has 6 heteroatoms. The number of anilines is 2. The number of aromatic amines is 1. The molecule has 0 saturated carbocycles. The minimum absolute atomic E-state index is 0.270. The van der Waals surface area contributed by atoms with Gasteiger partial charge in [-0.2, -0.15) is 0 Å². The molecule has 28 heavy (non-hydrogen) atoms. The lowest BCUT2D eigenvalue weighted by Gasteiger charge is -2.08. The zero-order valence-corrected chi connectivity index (χ0v) is 15.1.